The first-order valence-electron chi connectivity index (χ1n) is 5.53. The highest BCUT2D eigenvalue weighted by Crippen LogP contribution is 2.22. The third-order valence-corrected chi connectivity index (χ3v) is 2.89. The average Bonchev–Trinajstić information content (AvgIpc) is 2.54. The summed E-state index contributed by atoms with van der Waals surface area (Å²) < 4.78 is 10.8. The van der Waals surface area contributed by atoms with Gasteiger partial charge in [0, 0.05) is 5.92 Å². The first-order valence-corrected chi connectivity index (χ1v) is 5.53. The lowest BCUT2D eigenvalue weighted by molar-refractivity contribution is -0.124. The molecule has 0 amide bonds. The van der Waals surface area contributed by atoms with Crippen molar-refractivity contribution in [1.82, 2.24) is 0 Å². The van der Waals surface area contributed by atoms with Gasteiger partial charge < -0.3 is 9.47 Å². The summed E-state index contributed by atoms with van der Waals surface area (Å²) >= 11 is 0. The Kier molecular flexibility index (Phi) is 3.70. The molecule has 0 spiro atoms. The SMILES string of the molecule is CC(c1ccccc1)C1COCC(=O)CO1. The van der Waals surface area contributed by atoms with E-state index in [1.807, 2.05) is 18.2 Å². The smallest absolute Gasteiger partial charge is 0.184 e. The Labute approximate surface area is 95.4 Å². The number of rotatable bonds is 2. The van der Waals surface area contributed by atoms with Crippen LogP contribution < -0.4 is 0 Å². The van der Waals surface area contributed by atoms with Crippen LogP contribution in [0.3, 0.4) is 0 Å². The Morgan fingerprint density at radius 1 is 1.25 bits per heavy atom. The zero-order valence-corrected chi connectivity index (χ0v) is 9.39. The topological polar surface area (TPSA) is 35.5 Å². The molecule has 0 aliphatic carbocycles. The summed E-state index contributed by atoms with van der Waals surface area (Å²) in [5.74, 6) is 0.259. The van der Waals surface area contributed by atoms with Crippen molar-refractivity contribution in [2.75, 3.05) is 19.8 Å². The van der Waals surface area contributed by atoms with Gasteiger partial charge in [-0.25, -0.2) is 0 Å². The van der Waals surface area contributed by atoms with Crippen LogP contribution in [0.1, 0.15) is 18.4 Å². The van der Waals surface area contributed by atoms with Crippen molar-refractivity contribution in [3.8, 4) is 0 Å². The molecule has 1 aliphatic rings. The van der Waals surface area contributed by atoms with E-state index < -0.39 is 0 Å². The van der Waals surface area contributed by atoms with Gasteiger partial charge in [0.15, 0.2) is 5.78 Å². The van der Waals surface area contributed by atoms with Crippen LogP contribution in [-0.2, 0) is 14.3 Å². The summed E-state index contributed by atoms with van der Waals surface area (Å²) in [6.45, 7) is 2.93. The Bertz CT molecular complexity index is 347. The molecule has 1 heterocycles. The van der Waals surface area contributed by atoms with E-state index in [0.29, 0.717) is 6.61 Å². The van der Waals surface area contributed by atoms with Crippen molar-refractivity contribution < 1.29 is 14.3 Å². The average molecular weight is 220 g/mol. The molecule has 3 heteroatoms. The molecule has 2 rings (SSSR count). The minimum atomic E-state index is -0.0335. The van der Waals surface area contributed by atoms with Crippen molar-refractivity contribution in [3.05, 3.63) is 35.9 Å². The van der Waals surface area contributed by atoms with Gasteiger partial charge in [-0.05, 0) is 5.56 Å². The second kappa shape index (κ2) is 5.23. The molecular formula is C13H16O3. The molecule has 1 saturated heterocycles. The maximum Gasteiger partial charge on any atom is 0.184 e. The number of Topliss-reactive ketones (excluding diaryl/α,β-unsaturated/α-hetero) is 1. The van der Waals surface area contributed by atoms with E-state index in [0.717, 1.165) is 0 Å². The Balaban J connectivity index is 2.04. The third-order valence-electron chi connectivity index (χ3n) is 2.89. The highest BCUT2D eigenvalue weighted by atomic mass is 16.5. The summed E-state index contributed by atoms with van der Waals surface area (Å²) in [5.41, 5.74) is 1.21. The normalized spacial score (nSPS) is 23.8. The summed E-state index contributed by atoms with van der Waals surface area (Å²) in [6.07, 6.45) is -0.0335. The van der Waals surface area contributed by atoms with Crippen molar-refractivity contribution in [3.63, 3.8) is 0 Å². The maximum absolute atomic E-state index is 11.1. The van der Waals surface area contributed by atoms with Crippen molar-refractivity contribution in [1.29, 1.82) is 0 Å². The van der Waals surface area contributed by atoms with Gasteiger partial charge in [0.25, 0.3) is 0 Å². The van der Waals surface area contributed by atoms with E-state index in [4.69, 9.17) is 9.47 Å². The molecule has 0 N–H and O–H groups in total. The van der Waals surface area contributed by atoms with E-state index in [-0.39, 0.29) is 31.0 Å². The monoisotopic (exact) mass is 220 g/mol. The number of ketones is 1. The molecule has 2 unspecified atom stereocenters. The molecule has 16 heavy (non-hydrogen) atoms. The van der Waals surface area contributed by atoms with Gasteiger partial charge in [-0.15, -0.1) is 0 Å². The van der Waals surface area contributed by atoms with Crippen LogP contribution in [0.25, 0.3) is 0 Å². The quantitative estimate of drug-likeness (QED) is 0.762. The first-order chi connectivity index (χ1) is 7.77. The molecule has 1 aliphatic heterocycles. The van der Waals surface area contributed by atoms with Crippen LogP contribution in [0.5, 0.6) is 0 Å². The summed E-state index contributed by atoms with van der Waals surface area (Å²) in [4.78, 5) is 11.1. The van der Waals surface area contributed by atoms with Crippen molar-refractivity contribution in [2.24, 2.45) is 0 Å². The minimum absolute atomic E-state index is 0.0164. The first kappa shape index (κ1) is 11.3. The number of hydrogen-bond acceptors (Lipinski definition) is 3. The highest BCUT2D eigenvalue weighted by molar-refractivity contribution is 5.81. The van der Waals surface area contributed by atoms with E-state index in [2.05, 4.69) is 19.1 Å². The maximum atomic E-state index is 11.1. The van der Waals surface area contributed by atoms with Gasteiger partial charge in [0.05, 0.1) is 12.7 Å². The molecule has 0 radical (unpaired) electrons. The van der Waals surface area contributed by atoms with E-state index in [1.54, 1.807) is 0 Å². The Morgan fingerprint density at radius 2 is 2.00 bits per heavy atom. The second-order valence-electron chi connectivity index (χ2n) is 4.10. The molecule has 86 valence electrons. The van der Waals surface area contributed by atoms with Crippen LogP contribution in [0.2, 0.25) is 0 Å². The second-order valence-corrected chi connectivity index (χ2v) is 4.10. The summed E-state index contributed by atoms with van der Waals surface area (Å²) in [5, 5.41) is 0. The standard InChI is InChI=1S/C13H16O3/c1-10(11-5-3-2-4-6-11)13-9-15-7-12(14)8-16-13/h2-6,10,13H,7-9H2,1H3. The third kappa shape index (κ3) is 2.68. The number of hydrogen-bond donors (Lipinski definition) is 0. The molecular weight excluding hydrogens is 204 g/mol. The summed E-state index contributed by atoms with van der Waals surface area (Å²) in [6, 6.07) is 10.1. The molecule has 0 saturated carbocycles. The van der Waals surface area contributed by atoms with Gasteiger partial charge in [0.1, 0.15) is 13.2 Å². The van der Waals surface area contributed by atoms with Gasteiger partial charge in [-0.3, -0.25) is 4.79 Å². The lowest BCUT2D eigenvalue weighted by Crippen LogP contribution is -2.24. The zero-order valence-electron chi connectivity index (χ0n) is 9.39. The van der Waals surface area contributed by atoms with Crippen LogP contribution in [0.4, 0.5) is 0 Å². The molecule has 0 bridgehead atoms. The predicted molar refractivity (Wildman–Crippen MR) is 60.4 cm³/mol. The molecule has 1 aromatic carbocycles. The minimum Gasteiger partial charge on any atom is -0.371 e. The molecule has 3 nitrogen and oxygen atoms in total. The van der Waals surface area contributed by atoms with Crippen LogP contribution in [0.15, 0.2) is 30.3 Å². The van der Waals surface area contributed by atoms with E-state index in [9.17, 15) is 4.79 Å². The lowest BCUT2D eigenvalue weighted by atomic mass is 9.96. The van der Waals surface area contributed by atoms with Crippen molar-refractivity contribution >= 4 is 5.78 Å². The summed E-state index contributed by atoms with van der Waals surface area (Å²) in [7, 11) is 0. The Hall–Kier alpha value is -1.19. The fraction of sp³-hybridized carbons (Fsp3) is 0.462. The number of carbonyl (C=O) groups excluding carboxylic acids is 1. The zero-order chi connectivity index (χ0) is 11.4. The molecule has 1 aromatic rings. The fourth-order valence-electron chi connectivity index (χ4n) is 1.84. The largest absolute Gasteiger partial charge is 0.371 e. The van der Waals surface area contributed by atoms with Crippen molar-refractivity contribution in [2.45, 2.75) is 18.9 Å². The molecule has 2 atom stereocenters. The highest BCUT2D eigenvalue weighted by Gasteiger charge is 2.23. The van der Waals surface area contributed by atoms with Crippen LogP contribution in [0, 0.1) is 0 Å². The number of benzene rings is 1. The van der Waals surface area contributed by atoms with Gasteiger partial charge in [-0.1, -0.05) is 37.3 Å². The van der Waals surface area contributed by atoms with Gasteiger partial charge in [-0.2, -0.15) is 0 Å². The lowest BCUT2D eigenvalue weighted by Gasteiger charge is -2.21. The van der Waals surface area contributed by atoms with E-state index in [1.165, 1.54) is 5.56 Å². The predicted octanol–water partition coefficient (Wildman–Crippen LogP) is 1.77. The Morgan fingerprint density at radius 3 is 2.75 bits per heavy atom. The van der Waals surface area contributed by atoms with E-state index >= 15 is 0 Å². The van der Waals surface area contributed by atoms with Crippen LogP contribution in [-0.4, -0.2) is 31.7 Å². The molecule has 0 aromatic heterocycles. The van der Waals surface area contributed by atoms with Gasteiger partial charge >= 0.3 is 0 Å². The van der Waals surface area contributed by atoms with Gasteiger partial charge in [0.2, 0.25) is 0 Å². The molecule has 1 fully saturated rings. The van der Waals surface area contributed by atoms with Crippen LogP contribution >= 0.6 is 0 Å². The number of carbonyl (C=O) groups is 1. The number of ether oxygens (including phenoxy) is 2. The fourth-order valence-corrected chi connectivity index (χ4v) is 1.84.